The van der Waals surface area contributed by atoms with E-state index in [1.54, 1.807) is 19.1 Å². The van der Waals surface area contributed by atoms with Crippen LogP contribution >= 0.6 is 23.4 Å². The van der Waals surface area contributed by atoms with Gasteiger partial charge in [-0.3, -0.25) is 4.79 Å². The number of carbonyl (C=O) groups excluding carboxylic acids is 1. The number of carboxylic acids is 1. The Kier molecular flexibility index (Phi) is 5.17. The van der Waals surface area contributed by atoms with Gasteiger partial charge in [0.1, 0.15) is 5.54 Å². The Bertz CT molecular complexity index is 526. The molecule has 4 nitrogen and oxygen atoms in total. The van der Waals surface area contributed by atoms with E-state index in [-0.39, 0.29) is 11.2 Å². The fraction of sp³-hybridized carbons (Fsp3) is 0.467. The van der Waals surface area contributed by atoms with Crippen LogP contribution in [0.2, 0.25) is 5.02 Å². The lowest BCUT2D eigenvalue weighted by molar-refractivity contribution is -0.147. The Morgan fingerprint density at radius 3 is 2.38 bits per heavy atom. The van der Waals surface area contributed by atoms with E-state index in [0.29, 0.717) is 17.9 Å². The number of carbonyl (C=O) groups is 2. The molecule has 0 heterocycles. The van der Waals surface area contributed by atoms with Crippen molar-refractivity contribution in [2.24, 2.45) is 0 Å². The Hall–Kier alpha value is -1.20. The molecule has 1 saturated carbocycles. The summed E-state index contributed by atoms with van der Waals surface area (Å²) in [7, 11) is 0. The lowest BCUT2D eigenvalue weighted by atomic mass is 9.97. The number of hydrogen-bond donors (Lipinski definition) is 2. The van der Waals surface area contributed by atoms with Gasteiger partial charge >= 0.3 is 5.97 Å². The van der Waals surface area contributed by atoms with Crippen LogP contribution in [0.25, 0.3) is 0 Å². The summed E-state index contributed by atoms with van der Waals surface area (Å²) in [5.74, 6) is -1.17. The van der Waals surface area contributed by atoms with Crippen LogP contribution in [0.4, 0.5) is 0 Å². The van der Waals surface area contributed by atoms with E-state index in [1.165, 1.54) is 11.8 Å². The predicted octanol–water partition coefficient (Wildman–Crippen LogP) is 3.33. The van der Waals surface area contributed by atoms with Crippen molar-refractivity contribution in [3.8, 4) is 0 Å². The zero-order chi connectivity index (χ0) is 15.5. The molecule has 1 aromatic rings. The van der Waals surface area contributed by atoms with Gasteiger partial charge in [-0.1, -0.05) is 24.4 Å². The maximum absolute atomic E-state index is 12.3. The third kappa shape index (κ3) is 3.92. The van der Waals surface area contributed by atoms with Crippen molar-refractivity contribution in [3.63, 3.8) is 0 Å². The minimum atomic E-state index is -1.08. The number of amides is 1. The summed E-state index contributed by atoms with van der Waals surface area (Å²) in [5.41, 5.74) is -1.08. The van der Waals surface area contributed by atoms with Crippen LogP contribution in [-0.4, -0.2) is 27.8 Å². The van der Waals surface area contributed by atoms with Crippen LogP contribution in [0.15, 0.2) is 29.2 Å². The van der Waals surface area contributed by atoms with Crippen LogP contribution in [0, 0.1) is 0 Å². The topological polar surface area (TPSA) is 66.4 Å². The first-order valence-electron chi connectivity index (χ1n) is 6.91. The Balaban J connectivity index is 1.99. The maximum Gasteiger partial charge on any atom is 0.329 e. The lowest BCUT2D eigenvalue weighted by Gasteiger charge is -2.27. The van der Waals surface area contributed by atoms with Gasteiger partial charge in [0, 0.05) is 9.92 Å². The van der Waals surface area contributed by atoms with E-state index in [2.05, 4.69) is 5.32 Å². The number of rotatable bonds is 5. The van der Waals surface area contributed by atoms with E-state index < -0.39 is 11.5 Å². The van der Waals surface area contributed by atoms with E-state index >= 15 is 0 Å². The molecular weight excluding hydrogens is 310 g/mol. The number of halogens is 1. The first-order chi connectivity index (χ1) is 9.93. The molecule has 21 heavy (non-hydrogen) atoms. The van der Waals surface area contributed by atoms with Gasteiger partial charge in [-0.05, 0) is 44.0 Å². The number of hydrogen-bond acceptors (Lipinski definition) is 3. The second kappa shape index (κ2) is 6.71. The van der Waals surface area contributed by atoms with Gasteiger partial charge in [0.2, 0.25) is 5.91 Å². The van der Waals surface area contributed by atoms with Crippen molar-refractivity contribution in [1.82, 2.24) is 5.32 Å². The quantitative estimate of drug-likeness (QED) is 0.814. The fourth-order valence-electron chi connectivity index (χ4n) is 2.48. The normalized spacial score (nSPS) is 18.2. The van der Waals surface area contributed by atoms with Crippen LogP contribution in [0.5, 0.6) is 0 Å². The minimum Gasteiger partial charge on any atom is -0.480 e. The third-order valence-corrected chi connectivity index (χ3v) is 5.09. The second-order valence-corrected chi connectivity index (χ2v) is 7.15. The van der Waals surface area contributed by atoms with Gasteiger partial charge in [-0.2, -0.15) is 0 Å². The van der Waals surface area contributed by atoms with E-state index in [1.807, 2.05) is 12.1 Å². The Morgan fingerprint density at radius 1 is 1.29 bits per heavy atom. The van der Waals surface area contributed by atoms with E-state index in [4.69, 9.17) is 11.6 Å². The van der Waals surface area contributed by atoms with Gasteiger partial charge < -0.3 is 10.4 Å². The highest BCUT2D eigenvalue weighted by atomic mass is 35.5. The molecular formula is C15H18ClNO3S. The van der Waals surface area contributed by atoms with Gasteiger partial charge in [-0.15, -0.1) is 11.8 Å². The van der Waals surface area contributed by atoms with Crippen molar-refractivity contribution < 1.29 is 14.7 Å². The zero-order valence-corrected chi connectivity index (χ0v) is 13.3. The highest BCUT2D eigenvalue weighted by Gasteiger charge is 2.43. The lowest BCUT2D eigenvalue weighted by Crippen LogP contribution is -2.54. The summed E-state index contributed by atoms with van der Waals surface area (Å²) in [6.45, 7) is 1.78. The van der Waals surface area contributed by atoms with Crippen LogP contribution in [-0.2, 0) is 9.59 Å². The first kappa shape index (κ1) is 16.2. The van der Waals surface area contributed by atoms with Crippen molar-refractivity contribution in [2.75, 3.05) is 0 Å². The van der Waals surface area contributed by atoms with E-state index in [9.17, 15) is 14.7 Å². The molecule has 1 aromatic carbocycles. The summed E-state index contributed by atoms with van der Waals surface area (Å²) in [6, 6.07) is 7.23. The molecule has 1 unspecified atom stereocenters. The van der Waals surface area contributed by atoms with Crippen molar-refractivity contribution >= 4 is 35.2 Å². The van der Waals surface area contributed by atoms with Crippen LogP contribution < -0.4 is 5.32 Å². The molecule has 0 spiro atoms. The van der Waals surface area contributed by atoms with Crippen LogP contribution in [0.1, 0.15) is 32.6 Å². The molecule has 1 amide bonds. The summed E-state index contributed by atoms with van der Waals surface area (Å²) in [4.78, 5) is 24.6. The molecule has 1 fully saturated rings. The molecule has 0 saturated heterocycles. The molecule has 6 heteroatoms. The number of aliphatic carboxylic acids is 1. The number of nitrogens with one attached hydrogen (secondary N) is 1. The molecule has 0 aliphatic heterocycles. The smallest absolute Gasteiger partial charge is 0.329 e. The zero-order valence-electron chi connectivity index (χ0n) is 11.8. The summed E-state index contributed by atoms with van der Waals surface area (Å²) >= 11 is 7.21. The fourth-order valence-corrected chi connectivity index (χ4v) is 3.47. The third-order valence-electron chi connectivity index (χ3n) is 3.72. The standard InChI is InChI=1S/C15H18ClNO3S/c1-10(21-12-6-4-11(16)5-7-12)13(18)17-15(14(19)20)8-2-3-9-15/h4-7,10H,2-3,8-9H2,1H3,(H,17,18)(H,19,20). The highest BCUT2D eigenvalue weighted by Crippen LogP contribution is 2.31. The number of carboxylic acid groups (broad SMARTS) is 1. The van der Waals surface area contributed by atoms with Gasteiger partial charge in [-0.25, -0.2) is 4.79 Å². The summed E-state index contributed by atoms with van der Waals surface area (Å²) in [6.07, 6.45) is 2.69. The molecule has 1 aliphatic rings. The molecule has 1 aliphatic carbocycles. The molecule has 2 N–H and O–H groups in total. The average Bonchev–Trinajstić information content (AvgIpc) is 2.91. The summed E-state index contributed by atoms with van der Waals surface area (Å²) in [5, 5.41) is 12.4. The monoisotopic (exact) mass is 327 g/mol. The Morgan fingerprint density at radius 2 is 1.86 bits per heavy atom. The highest BCUT2D eigenvalue weighted by molar-refractivity contribution is 8.00. The van der Waals surface area contributed by atoms with Crippen LogP contribution in [0.3, 0.4) is 0 Å². The molecule has 0 aromatic heterocycles. The molecule has 114 valence electrons. The van der Waals surface area contributed by atoms with E-state index in [0.717, 1.165) is 17.7 Å². The number of benzene rings is 1. The minimum absolute atomic E-state index is 0.237. The molecule has 0 radical (unpaired) electrons. The maximum atomic E-state index is 12.3. The summed E-state index contributed by atoms with van der Waals surface area (Å²) < 4.78 is 0. The van der Waals surface area contributed by atoms with Gasteiger partial charge in [0.15, 0.2) is 0 Å². The second-order valence-electron chi connectivity index (χ2n) is 5.30. The predicted molar refractivity (Wildman–Crippen MR) is 83.7 cm³/mol. The average molecular weight is 328 g/mol. The van der Waals surface area contributed by atoms with Crippen molar-refractivity contribution in [3.05, 3.63) is 29.3 Å². The van der Waals surface area contributed by atoms with Gasteiger partial charge in [0.05, 0.1) is 5.25 Å². The number of thioether (sulfide) groups is 1. The molecule has 2 rings (SSSR count). The van der Waals surface area contributed by atoms with Gasteiger partial charge in [0.25, 0.3) is 0 Å². The Labute approximate surface area is 133 Å². The SMILES string of the molecule is CC(Sc1ccc(Cl)cc1)C(=O)NC1(C(=O)O)CCCC1. The molecule has 1 atom stereocenters. The molecule has 0 bridgehead atoms. The first-order valence-corrected chi connectivity index (χ1v) is 8.16. The van der Waals surface area contributed by atoms with Crippen molar-refractivity contribution in [1.29, 1.82) is 0 Å². The van der Waals surface area contributed by atoms with Crippen molar-refractivity contribution in [2.45, 2.75) is 48.3 Å². The largest absolute Gasteiger partial charge is 0.480 e.